The summed E-state index contributed by atoms with van der Waals surface area (Å²) >= 11 is 3.51. The van der Waals surface area contributed by atoms with Crippen LogP contribution < -0.4 is 16.0 Å². The topological polar surface area (TPSA) is 90.0 Å². The second kappa shape index (κ2) is 6.74. The number of anilines is 1. The van der Waals surface area contributed by atoms with Gasteiger partial charge in [-0.1, -0.05) is 6.07 Å². The maximum Gasteiger partial charge on any atom is 0.175 e. The molecule has 1 atom stereocenters. The molecule has 24 heavy (non-hydrogen) atoms. The number of aromatic nitrogens is 3. The third-order valence-corrected chi connectivity index (χ3v) is 4.55. The second-order valence-corrected chi connectivity index (χ2v) is 6.75. The van der Waals surface area contributed by atoms with Crippen molar-refractivity contribution in [3.63, 3.8) is 0 Å². The Morgan fingerprint density at radius 3 is 3.04 bits per heavy atom. The summed E-state index contributed by atoms with van der Waals surface area (Å²) in [5.74, 6) is 2.29. The molecule has 2 aromatic rings. The number of hydrogen-bond donors (Lipinski definition) is 4. The zero-order valence-corrected chi connectivity index (χ0v) is 14.5. The van der Waals surface area contributed by atoms with Crippen LogP contribution in [0.2, 0.25) is 0 Å². The average molecular weight is 388 g/mol. The molecule has 4 N–H and O–H groups in total. The van der Waals surface area contributed by atoms with Crippen molar-refractivity contribution in [2.45, 2.75) is 31.6 Å². The molecule has 1 aliphatic heterocycles. The van der Waals surface area contributed by atoms with Gasteiger partial charge in [0.1, 0.15) is 5.82 Å². The van der Waals surface area contributed by atoms with Gasteiger partial charge in [0.2, 0.25) is 0 Å². The smallest absolute Gasteiger partial charge is 0.175 e. The minimum atomic E-state index is -0.212. The highest BCUT2D eigenvalue weighted by molar-refractivity contribution is 9.12. The van der Waals surface area contributed by atoms with Crippen LogP contribution in [0.4, 0.5) is 5.82 Å². The van der Waals surface area contributed by atoms with Gasteiger partial charge in [-0.25, -0.2) is 0 Å². The van der Waals surface area contributed by atoms with E-state index < -0.39 is 0 Å². The van der Waals surface area contributed by atoms with Crippen molar-refractivity contribution in [2.75, 3.05) is 5.32 Å². The van der Waals surface area contributed by atoms with Crippen molar-refractivity contribution in [1.82, 2.24) is 25.8 Å². The first-order chi connectivity index (χ1) is 11.8. The van der Waals surface area contributed by atoms with Crippen LogP contribution in [-0.4, -0.2) is 27.7 Å². The second-order valence-electron chi connectivity index (χ2n) is 5.90. The average Bonchev–Trinajstić information content (AvgIpc) is 3.36. The standard InChI is InChI=1S/C16H18BrN7/c17-12-9-20-16(19-8-10-2-1-5-18-7-10)22-15(12)21-14-6-13(23-24-14)11-3-4-11/h1-2,5-7,9,11,16,19,22H,3-4,8H2,(H2,21,23,24). The van der Waals surface area contributed by atoms with E-state index in [2.05, 4.69) is 58.1 Å². The summed E-state index contributed by atoms with van der Waals surface area (Å²) in [5, 5.41) is 17.4. The number of nitrogens with zero attached hydrogens (tertiary/aromatic N) is 3. The van der Waals surface area contributed by atoms with Gasteiger partial charge in [-0.2, -0.15) is 5.10 Å². The first-order valence-electron chi connectivity index (χ1n) is 7.92. The van der Waals surface area contributed by atoms with Gasteiger partial charge >= 0.3 is 0 Å². The summed E-state index contributed by atoms with van der Waals surface area (Å²) in [6.45, 7) is 0.683. The third-order valence-electron chi connectivity index (χ3n) is 3.95. The number of aliphatic imine (C=N–C) groups is 1. The molecule has 0 radical (unpaired) electrons. The Hall–Kier alpha value is -2.19. The summed E-state index contributed by atoms with van der Waals surface area (Å²) < 4.78 is 0.859. The van der Waals surface area contributed by atoms with Crippen molar-refractivity contribution in [3.8, 4) is 0 Å². The zero-order chi connectivity index (χ0) is 16.4. The molecule has 2 aromatic heterocycles. The molecule has 0 spiro atoms. The lowest BCUT2D eigenvalue weighted by Crippen LogP contribution is -2.43. The number of aromatic amines is 1. The molecule has 1 fully saturated rings. The molecule has 8 heteroatoms. The van der Waals surface area contributed by atoms with E-state index in [-0.39, 0.29) is 6.29 Å². The number of hydrogen-bond acceptors (Lipinski definition) is 6. The van der Waals surface area contributed by atoms with E-state index in [4.69, 9.17) is 0 Å². The lowest BCUT2D eigenvalue weighted by atomic mass is 10.3. The summed E-state index contributed by atoms with van der Waals surface area (Å²) in [6.07, 6.45) is 7.68. The number of nitrogens with one attached hydrogen (secondary N) is 4. The molecule has 124 valence electrons. The SMILES string of the molecule is BrC1=C(Nc2cc(C3CC3)[nH]n2)NC(NCc2cccnc2)N=C1. The molecule has 2 aliphatic rings. The molecule has 3 heterocycles. The third kappa shape index (κ3) is 3.65. The van der Waals surface area contributed by atoms with Crippen LogP contribution in [0.3, 0.4) is 0 Å². The minimum Gasteiger partial charge on any atom is -0.337 e. The molecule has 0 amide bonds. The van der Waals surface area contributed by atoms with Gasteiger partial charge in [-0.3, -0.25) is 20.4 Å². The molecule has 7 nitrogen and oxygen atoms in total. The molecular weight excluding hydrogens is 370 g/mol. The number of allylic oxidation sites excluding steroid dienone is 1. The fourth-order valence-electron chi connectivity index (χ4n) is 2.50. The highest BCUT2D eigenvalue weighted by Crippen LogP contribution is 2.39. The van der Waals surface area contributed by atoms with Gasteiger partial charge in [0.05, 0.1) is 4.48 Å². The summed E-state index contributed by atoms with van der Waals surface area (Å²) in [7, 11) is 0. The van der Waals surface area contributed by atoms with E-state index in [0.717, 1.165) is 21.7 Å². The van der Waals surface area contributed by atoms with Crippen LogP contribution in [0.25, 0.3) is 0 Å². The predicted octanol–water partition coefficient (Wildman–Crippen LogP) is 2.41. The normalized spacial score (nSPS) is 20.1. The number of rotatable bonds is 6. The summed E-state index contributed by atoms with van der Waals surface area (Å²) in [4.78, 5) is 8.53. The Morgan fingerprint density at radius 2 is 2.25 bits per heavy atom. The highest BCUT2D eigenvalue weighted by Gasteiger charge is 2.26. The monoisotopic (exact) mass is 387 g/mol. The van der Waals surface area contributed by atoms with E-state index >= 15 is 0 Å². The summed E-state index contributed by atoms with van der Waals surface area (Å²) in [5.41, 5.74) is 2.31. The van der Waals surface area contributed by atoms with Crippen molar-refractivity contribution < 1.29 is 0 Å². The van der Waals surface area contributed by atoms with Crippen molar-refractivity contribution >= 4 is 28.0 Å². The van der Waals surface area contributed by atoms with Gasteiger partial charge in [0.25, 0.3) is 0 Å². The van der Waals surface area contributed by atoms with Gasteiger partial charge < -0.3 is 10.6 Å². The molecule has 0 aromatic carbocycles. The minimum absolute atomic E-state index is 0.212. The van der Waals surface area contributed by atoms with Gasteiger partial charge in [0.15, 0.2) is 12.1 Å². The molecule has 4 rings (SSSR count). The van der Waals surface area contributed by atoms with Crippen LogP contribution >= 0.6 is 15.9 Å². The maximum absolute atomic E-state index is 4.42. The maximum atomic E-state index is 4.42. The molecular formula is C16H18BrN7. The fourth-order valence-corrected chi connectivity index (χ4v) is 2.83. The van der Waals surface area contributed by atoms with Gasteiger partial charge in [0, 0.05) is 42.8 Å². The molecule has 1 saturated carbocycles. The van der Waals surface area contributed by atoms with Gasteiger partial charge in [-0.05, 0) is 40.4 Å². The Bertz CT molecular complexity index is 764. The lowest BCUT2D eigenvalue weighted by molar-refractivity contribution is 0.472. The van der Waals surface area contributed by atoms with E-state index in [1.165, 1.54) is 18.5 Å². The molecule has 1 unspecified atom stereocenters. The Kier molecular flexibility index (Phi) is 4.31. The van der Waals surface area contributed by atoms with E-state index in [1.54, 1.807) is 12.4 Å². The van der Waals surface area contributed by atoms with Crippen LogP contribution in [0.15, 0.2) is 45.9 Å². The largest absolute Gasteiger partial charge is 0.337 e. The van der Waals surface area contributed by atoms with Gasteiger partial charge in [-0.15, -0.1) is 0 Å². The fraction of sp³-hybridized carbons (Fsp3) is 0.312. The summed E-state index contributed by atoms with van der Waals surface area (Å²) in [6, 6.07) is 6.02. The lowest BCUT2D eigenvalue weighted by Gasteiger charge is -2.23. The molecule has 1 aliphatic carbocycles. The Morgan fingerprint density at radius 1 is 1.33 bits per heavy atom. The van der Waals surface area contributed by atoms with Crippen molar-refractivity contribution in [1.29, 1.82) is 0 Å². The first-order valence-corrected chi connectivity index (χ1v) is 8.71. The van der Waals surface area contributed by atoms with E-state index in [1.807, 2.05) is 18.3 Å². The van der Waals surface area contributed by atoms with Crippen molar-refractivity contribution in [2.24, 2.45) is 4.99 Å². The molecule has 0 saturated heterocycles. The number of H-pyrrole nitrogens is 1. The Balaban J connectivity index is 1.36. The molecule has 0 bridgehead atoms. The highest BCUT2D eigenvalue weighted by atomic mass is 79.9. The first kappa shape index (κ1) is 15.3. The van der Waals surface area contributed by atoms with Crippen LogP contribution in [0.5, 0.6) is 0 Å². The van der Waals surface area contributed by atoms with Crippen LogP contribution in [0, 0.1) is 0 Å². The Labute approximate surface area is 148 Å². The predicted molar refractivity (Wildman–Crippen MR) is 96.6 cm³/mol. The van der Waals surface area contributed by atoms with Crippen LogP contribution in [0.1, 0.15) is 30.0 Å². The van der Waals surface area contributed by atoms with E-state index in [0.29, 0.717) is 12.5 Å². The van der Waals surface area contributed by atoms with Crippen LogP contribution in [-0.2, 0) is 6.54 Å². The zero-order valence-electron chi connectivity index (χ0n) is 13.0. The van der Waals surface area contributed by atoms with E-state index in [9.17, 15) is 0 Å². The number of halogens is 1. The van der Waals surface area contributed by atoms with Crippen molar-refractivity contribution in [3.05, 3.63) is 52.2 Å². The number of pyridine rings is 1. The quantitative estimate of drug-likeness (QED) is 0.610.